The van der Waals surface area contributed by atoms with Gasteiger partial charge in [-0.2, -0.15) is 0 Å². The molecule has 0 amide bonds. The van der Waals surface area contributed by atoms with Gasteiger partial charge in [0.2, 0.25) is 0 Å². The maximum absolute atomic E-state index is 5.97. The minimum Gasteiger partial charge on any atom is -0.380 e. The van der Waals surface area contributed by atoms with Crippen molar-refractivity contribution in [1.82, 2.24) is 4.98 Å². The van der Waals surface area contributed by atoms with Crippen molar-refractivity contribution in [3.05, 3.63) is 23.5 Å². The molecule has 0 aliphatic heterocycles. The van der Waals surface area contributed by atoms with Gasteiger partial charge >= 0.3 is 0 Å². The molecule has 82 valence electrons. The summed E-state index contributed by atoms with van der Waals surface area (Å²) >= 11 is 5.97. The number of aromatic nitrogens is 1. The second-order valence-corrected chi connectivity index (χ2v) is 4.47. The molecular weight excluding hydrogens is 210 g/mol. The number of anilines is 1. The van der Waals surface area contributed by atoms with Crippen molar-refractivity contribution < 1.29 is 0 Å². The molecule has 1 saturated carbocycles. The van der Waals surface area contributed by atoms with Crippen LogP contribution in [-0.2, 0) is 0 Å². The molecule has 4 heteroatoms. The largest absolute Gasteiger partial charge is 0.380 e. The van der Waals surface area contributed by atoms with Crippen LogP contribution in [0.25, 0.3) is 0 Å². The number of nitrogens with one attached hydrogen (secondary N) is 1. The highest BCUT2D eigenvalue weighted by Gasteiger charge is 2.19. The number of nitrogens with two attached hydrogens (primary N) is 1. The molecule has 0 saturated heterocycles. The van der Waals surface area contributed by atoms with Gasteiger partial charge in [-0.3, -0.25) is 0 Å². The average molecular weight is 226 g/mol. The molecule has 1 heterocycles. The van der Waals surface area contributed by atoms with E-state index in [9.17, 15) is 0 Å². The van der Waals surface area contributed by atoms with E-state index in [1.165, 1.54) is 12.8 Å². The lowest BCUT2D eigenvalue weighted by molar-refractivity contribution is 0.409. The number of hydrogen-bond acceptors (Lipinski definition) is 3. The van der Waals surface area contributed by atoms with Crippen LogP contribution in [0.1, 0.15) is 25.7 Å². The molecule has 0 aromatic carbocycles. The van der Waals surface area contributed by atoms with Crippen LogP contribution in [0.4, 0.5) is 5.69 Å². The van der Waals surface area contributed by atoms with Gasteiger partial charge in [0.1, 0.15) is 0 Å². The normalized spacial score (nSPS) is 26.3. The topological polar surface area (TPSA) is 50.9 Å². The first-order valence-electron chi connectivity index (χ1n) is 5.38. The molecule has 1 aliphatic rings. The smallest absolute Gasteiger partial charge is 0.152 e. The monoisotopic (exact) mass is 225 g/mol. The van der Waals surface area contributed by atoms with Crippen LogP contribution >= 0.6 is 11.6 Å². The van der Waals surface area contributed by atoms with E-state index in [-0.39, 0.29) is 0 Å². The minimum atomic E-state index is 0.326. The Balaban J connectivity index is 1.99. The molecule has 3 nitrogen and oxygen atoms in total. The number of rotatable bonds is 2. The zero-order valence-corrected chi connectivity index (χ0v) is 9.37. The summed E-state index contributed by atoms with van der Waals surface area (Å²) in [6.07, 6.45) is 6.21. The highest BCUT2D eigenvalue weighted by Crippen LogP contribution is 2.24. The highest BCUT2D eigenvalue weighted by molar-refractivity contribution is 6.31. The van der Waals surface area contributed by atoms with Crippen molar-refractivity contribution in [2.45, 2.75) is 37.8 Å². The van der Waals surface area contributed by atoms with Crippen LogP contribution in [0.2, 0.25) is 5.15 Å². The Morgan fingerprint density at radius 3 is 3.07 bits per heavy atom. The molecule has 2 atom stereocenters. The maximum Gasteiger partial charge on any atom is 0.152 e. The third kappa shape index (κ3) is 2.83. The molecule has 2 unspecified atom stereocenters. The molecule has 2 rings (SSSR count). The van der Waals surface area contributed by atoms with Crippen LogP contribution < -0.4 is 11.1 Å². The Labute approximate surface area is 95.0 Å². The van der Waals surface area contributed by atoms with Gasteiger partial charge in [-0.05, 0) is 37.8 Å². The molecule has 1 aromatic heterocycles. The predicted molar refractivity (Wildman–Crippen MR) is 63.1 cm³/mol. The summed E-state index contributed by atoms with van der Waals surface area (Å²) in [5.74, 6) is 0. The Morgan fingerprint density at radius 2 is 2.33 bits per heavy atom. The van der Waals surface area contributed by atoms with Crippen molar-refractivity contribution in [1.29, 1.82) is 0 Å². The molecule has 3 N–H and O–H groups in total. The van der Waals surface area contributed by atoms with Crippen LogP contribution in [0.15, 0.2) is 18.3 Å². The summed E-state index contributed by atoms with van der Waals surface area (Å²) in [5, 5.41) is 3.94. The standard InChI is InChI=1S/C11H16ClN3/c12-11-10(5-2-6-14-11)15-9-4-1-3-8(13)7-9/h2,5-6,8-9,15H,1,3-4,7,13H2. The van der Waals surface area contributed by atoms with E-state index in [2.05, 4.69) is 10.3 Å². The van der Waals surface area contributed by atoms with E-state index in [1.807, 2.05) is 12.1 Å². The highest BCUT2D eigenvalue weighted by atomic mass is 35.5. The Hall–Kier alpha value is -0.800. The molecule has 15 heavy (non-hydrogen) atoms. The fourth-order valence-corrected chi connectivity index (χ4v) is 2.25. The van der Waals surface area contributed by atoms with E-state index in [0.29, 0.717) is 17.2 Å². The lowest BCUT2D eigenvalue weighted by Gasteiger charge is -2.28. The van der Waals surface area contributed by atoms with E-state index in [0.717, 1.165) is 18.5 Å². The van der Waals surface area contributed by atoms with E-state index in [1.54, 1.807) is 6.20 Å². The van der Waals surface area contributed by atoms with Crippen molar-refractivity contribution in [2.24, 2.45) is 5.73 Å². The Kier molecular flexibility index (Phi) is 3.44. The number of nitrogens with zero attached hydrogens (tertiary/aromatic N) is 1. The van der Waals surface area contributed by atoms with Gasteiger partial charge in [0.15, 0.2) is 5.15 Å². The van der Waals surface area contributed by atoms with Gasteiger partial charge in [-0.25, -0.2) is 4.98 Å². The SMILES string of the molecule is NC1CCCC(Nc2cccnc2Cl)C1. The Bertz CT molecular complexity index is 329. The van der Waals surface area contributed by atoms with Gasteiger partial charge in [0, 0.05) is 18.3 Å². The molecular formula is C11H16ClN3. The summed E-state index contributed by atoms with van der Waals surface area (Å²) in [4.78, 5) is 4.04. The van der Waals surface area contributed by atoms with Crippen LogP contribution in [0.3, 0.4) is 0 Å². The fourth-order valence-electron chi connectivity index (χ4n) is 2.07. The van der Waals surface area contributed by atoms with Gasteiger partial charge in [-0.1, -0.05) is 11.6 Å². The third-order valence-corrected chi connectivity index (χ3v) is 3.13. The second-order valence-electron chi connectivity index (χ2n) is 4.11. The van der Waals surface area contributed by atoms with Gasteiger partial charge in [0.05, 0.1) is 5.69 Å². The lowest BCUT2D eigenvalue weighted by Crippen LogP contribution is -2.34. The predicted octanol–water partition coefficient (Wildman–Crippen LogP) is 2.42. The zero-order valence-electron chi connectivity index (χ0n) is 8.62. The lowest BCUT2D eigenvalue weighted by atomic mass is 9.91. The first-order valence-corrected chi connectivity index (χ1v) is 5.76. The minimum absolute atomic E-state index is 0.326. The Morgan fingerprint density at radius 1 is 1.47 bits per heavy atom. The van der Waals surface area contributed by atoms with Crippen molar-refractivity contribution in [3.8, 4) is 0 Å². The van der Waals surface area contributed by atoms with E-state index < -0.39 is 0 Å². The fraction of sp³-hybridized carbons (Fsp3) is 0.545. The molecule has 0 spiro atoms. The summed E-state index contributed by atoms with van der Waals surface area (Å²) in [7, 11) is 0. The van der Waals surface area contributed by atoms with Gasteiger partial charge < -0.3 is 11.1 Å². The number of pyridine rings is 1. The summed E-state index contributed by atoms with van der Waals surface area (Å²) in [5.41, 5.74) is 6.84. The summed E-state index contributed by atoms with van der Waals surface area (Å²) in [6.45, 7) is 0. The van der Waals surface area contributed by atoms with Gasteiger partial charge in [0.25, 0.3) is 0 Å². The van der Waals surface area contributed by atoms with E-state index in [4.69, 9.17) is 17.3 Å². The second kappa shape index (κ2) is 4.81. The number of hydrogen-bond donors (Lipinski definition) is 2. The van der Waals surface area contributed by atoms with Crippen LogP contribution in [0.5, 0.6) is 0 Å². The van der Waals surface area contributed by atoms with Gasteiger partial charge in [-0.15, -0.1) is 0 Å². The first-order chi connectivity index (χ1) is 7.25. The third-order valence-electron chi connectivity index (χ3n) is 2.83. The first kappa shape index (κ1) is 10.7. The summed E-state index contributed by atoms with van der Waals surface area (Å²) in [6, 6.07) is 4.61. The van der Waals surface area contributed by atoms with Crippen molar-refractivity contribution >= 4 is 17.3 Å². The molecule has 1 fully saturated rings. The van der Waals surface area contributed by atoms with E-state index >= 15 is 0 Å². The quantitative estimate of drug-likeness (QED) is 0.761. The number of halogens is 1. The average Bonchev–Trinajstić information content (AvgIpc) is 2.22. The maximum atomic E-state index is 5.97. The summed E-state index contributed by atoms with van der Waals surface area (Å²) < 4.78 is 0. The molecule has 0 bridgehead atoms. The van der Waals surface area contributed by atoms with Crippen LogP contribution in [-0.4, -0.2) is 17.1 Å². The molecule has 0 radical (unpaired) electrons. The zero-order chi connectivity index (χ0) is 10.7. The van der Waals surface area contributed by atoms with Crippen molar-refractivity contribution in [2.75, 3.05) is 5.32 Å². The van der Waals surface area contributed by atoms with Crippen LogP contribution in [0, 0.1) is 0 Å². The van der Waals surface area contributed by atoms with Crippen molar-refractivity contribution in [3.63, 3.8) is 0 Å². The molecule has 1 aromatic rings. The molecule has 1 aliphatic carbocycles.